The first-order chi connectivity index (χ1) is 9.03. The van der Waals surface area contributed by atoms with Gasteiger partial charge in [-0.2, -0.15) is 0 Å². The van der Waals surface area contributed by atoms with Crippen molar-refractivity contribution in [2.24, 2.45) is 5.92 Å². The summed E-state index contributed by atoms with van der Waals surface area (Å²) in [4.78, 5) is 14.3. The fourth-order valence-corrected chi connectivity index (χ4v) is 2.21. The van der Waals surface area contributed by atoms with Crippen LogP contribution in [0.25, 0.3) is 0 Å². The summed E-state index contributed by atoms with van der Waals surface area (Å²) in [5.74, 6) is 0.524. The zero-order chi connectivity index (χ0) is 14.4. The Kier molecular flexibility index (Phi) is 5.87. The number of nitrogens with zero attached hydrogens (tertiary/aromatic N) is 1. The second-order valence-corrected chi connectivity index (χ2v) is 5.05. The van der Waals surface area contributed by atoms with Crippen LogP contribution in [0.5, 0.6) is 5.75 Å². The smallest absolute Gasteiger partial charge is 0.257 e. The van der Waals surface area contributed by atoms with E-state index < -0.39 is 0 Å². The molecule has 0 aromatic heterocycles. The summed E-state index contributed by atoms with van der Waals surface area (Å²) in [5.41, 5.74) is 1.36. The lowest BCUT2D eigenvalue weighted by atomic mass is 10.0. The van der Waals surface area contributed by atoms with E-state index in [1.54, 1.807) is 12.1 Å². The lowest BCUT2D eigenvalue weighted by Crippen LogP contribution is -2.35. The number of hydrogen-bond acceptors (Lipinski definition) is 2. The summed E-state index contributed by atoms with van der Waals surface area (Å²) in [5, 5.41) is 9.91. The molecule has 0 spiro atoms. The number of aryl methyl sites for hydroxylation is 1. The van der Waals surface area contributed by atoms with Gasteiger partial charge >= 0.3 is 0 Å². The summed E-state index contributed by atoms with van der Waals surface area (Å²) >= 11 is 0. The third-order valence-electron chi connectivity index (χ3n) is 3.69. The van der Waals surface area contributed by atoms with Crippen LogP contribution in [0, 0.1) is 12.8 Å². The van der Waals surface area contributed by atoms with Gasteiger partial charge in [-0.1, -0.05) is 32.8 Å². The van der Waals surface area contributed by atoms with Crippen LogP contribution < -0.4 is 0 Å². The maximum Gasteiger partial charge on any atom is 0.257 e. The molecule has 0 unspecified atom stereocenters. The highest BCUT2D eigenvalue weighted by Crippen LogP contribution is 2.21. The van der Waals surface area contributed by atoms with Crippen molar-refractivity contribution in [3.63, 3.8) is 0 Å². The van der Waals surface area contributed by atoms with E-state index in [0.29, 0.717) is 18.0 Å². The molecular formula is C16H25NO2. The van der Waals surface area contributed by atoms with Crippen molar-refractivity contribution >= 4 is 5.91 Å². The molecule has 1 amide bonds. The third-order valence-corrected chi connectivity index (χ3v) is 3.69. The van der Waals surface area contributed by atoms with E-state index in [1.165, 1.54) is 0 Å². The van der Waals surface area contributed by atoms with Crippen molar-refractivity contribution in [2.45, 2.75) is 40.5 Å². The van der Waals surface area contributed by atoms with Crippen LogP contribution in [-0.2, 0) is 0 Å². The largest absolute Gasteiger partial charge is 0.507 e. The topological polar surface area (TPSA) is 40.5 Å². The molecule has 0 aliphatic heterocycles. The summed E-state index contributed by atoms with van der Waals surface area (Å²) in [6.45, 7) is 9.60. The fraction of sp³-hybridized carbons (Fsp3) is 0.562. The van der Waals surface area contributed by atoms with Crippen LogP contribution in [0.3, 0.4) is 0 Å². The van der Waals surface area contributed by atoms with Gasteiger partial charge in [0.1, 0.15) is 5.75 Å². The second-order valence-electron chi connectivity index (χ2n) is 5.05. The predicted octanol–water partition coefficient (Wildman–Crippen LogP) is 3.60. The van der Waals surface area contributed by atoms with Gasteiger partial charge in [0, 0.05) is 13.1 Å². The van der Waals surface area contributed by atoms with E-state index in [4.69, 9.17) is 0 Å². The summed E-state index contributed by atoms with van der Waals surface area (Å²) < 4.78 is 0. The Morgan fingerprint density at radius 2 is 1.89 bits per heavy atom. The zero-order valence-electron chi connectivity index (χ0n) is 12.4. The molecule has 19 heavy (non-hydrogen) atoms. The van der Waals surface area contributed by atoms with Gasteiger partial charge < -0.3 is 10.0 Å². The number of aromatic hydroxyl groups is 1. The molecule has 1 aromatic rings. The molecule has 0 aliphatic carbocycles. The van der Waals surface area contributed by atoms with Gasteiger partial charge in [-0.05, 0) is 37.5 Å². The van der Waals surface area contributed by atoms with Crippen molar-refractivity contribution in [1.29, 1.82) is 0 Å². The third kappa shape index (κ3) is 3.98. The standard InChI is InChI=1S/C16H25NO2/c1-5-13(6-2)11-17(7-3)16(19)14-9-8-12(4)10-15(14)18/h8-10,13,18H,5-7,11H2,1-4H3. The Labute approximate surface area is 116 Å². The maximum absolute atomic E-state index is 12.4. The Bertz CT molecular complexity index is 425. The summed E-state index contributed by atoms with van der Waals surface area (Å²) in [7, 11) is 0. The van der Waals surface area contributed by atoms with Crippen molar-refractivity contribution in [2.75, 3.05) is 13.1 Å². The van der Waals surface area contributed by atoms with E-state index in [0.717, 1.165) is 24.9 Å². The van der Waals surface area contributed by atoms with Crippen molar-refractivity contribution in [3.05, 3.63) is 29.3 Å². The molecule has 0 saturated heterocycles. The van der Waals surface area contributed by atoms with Crippen LogP contribution in [-0.4, -0.2) is 29.0 Å². The molecule has 1 N–H and O–H groups in total. The fourth-order valence-electron chi connectivity index (χ4n) is 2.21. The highest BCUT2D eigenvalue weighted by Gasteiger charge is 2.19. The molecule has 0 atom stereocenters. The van der Waals surface area contributed by atoms with Crippen LogP contribution in [0.1, 0.15) is 49.5 Å². The van der Waals surface area contributed by atoms with Crippen molar-refractivity contribution in [3.8, 4) is 5.75 Å². The highest BCUT2D eigenvalue weighted by atomic mass is 16.3. The van der Waals surface area contributed by atoms with Gasteiger partial charge in [0.05, 0.1) is 5.56 Å². The minimum absolute atomic E-state index is 0.0768. The number of carbonyl (C=O) groups is 1. The molecule has 0 radical (unpaired) electrons. The zero-order valence-corrected chi connectivity index (χ0v) is 12.4. The quantitative estimate of drug-likeness (QED) is 0.852. The molecule has 1 rings (SSSR count). The first-order valence-electron chi connectivity index (χ1n) is 7.12. The average molecular weight is 263 g/mol. The lowest BCUT2D eigenvalue weighted by Gasteiger charge is -2.25. The van der Waals surface area contributed by atoms with Crippen molar-refractivity contribution in [1.82, 2.24) is 4.90 Å². The minimum atomic E-state index is -0.0769. The normalized spacial score (nSPS) is 10.8. The van der Waals surface area contributed by atoms with Crippen LogP contribution in [0.15, 0.2) is 18.2 Å². The first-order valence-corrected chi connectivity index (χ1v) is 7.12. The number of hydrogen-bond donors (Lipinski definition) is 1. The lowest BCUT2D eigenvalue weighted by molar-refractivity contribution is 0.0732. The second kappa shape index (κ2) is 7.17. The highest BCUT2D eigenvalue weighted by molar-refractivity contribution is 5.96. The van der Waals surface area contributed by atoms with Crippen molar-refractivity contribution < 1.29 is 9.90 Å². The molecular weight excluding hydrogens is 238 g/mol. The maximum atomic E-state index is 12.4. The Morgan fingerprint density at radius 3 is 2.37 bits per heavy atom. The number of amides is 1. The monoisotopic (exact) mass is 263 g/mol. The van der Waals surface area contributed by atoms with Gasteiger partial charge in [-0.3, -0.25) is 4.79 Å². The molecule has 0 saturated carbocycles. The van der Waals surface area contributed by atoms with Gasteiger partial charge in [0.25, 0.3) is 5.91 Å². The molecule has 1 aromatic carbocycles. The number of phenols is 1. The Hall–Kier alpha value is -1.51. The van der Waals surface area contributed by atoms with Crippen LogP contribution >= 0.6 is 0 Å². The van der Waals surface area contributed by atoms with E-state index >= 15 is 0 Å². The van der Waals surface area contributed by atoms with Crippen LogP contribution in [0.4, 0.5) is 0 Å². The number of phenolic OH excluding ortho intramolecular Hbond substituents is 1. The van der Waals surface area contributed by atoms with E-state index in [9.17, 15) is 9.90 Å². The Balaban J connectivity index is 2.89. The van der Waals surface area contributed by atoms with Crippen LogP contribution in [0.2, 0.25) is 0 Å². The van der Waals surface area contributed by atoms with E-state index in [1.807, 2.05) is 24.8 Å². The summed E-state index contributed by atoms with van der Waals surface area (Å²) in [6.07, 6.45) is 2.14. The molecule has 0 aliphatic rings. The molecule has 0 fully saturated rings. The molecule has 106 valence electrons. The number of rotatable bonds is 6. The summed E-state index contributed by atoms with van der Waals surface area (Å²) in [6, 6.07) is 5.21. The van der Waals surface area contributed by atoms with E-state index in [2.05, 4.69) is 13.8 Å². The number of carbonyl (C=O) groups excluding carboxylic acids is 1. The molecule has 0 bridgehead atoms. The molecule has 3 heteroatoms. The first kappa shape index (κ1) is 15.5. The minimum Gasteiger partial charge on any atom is -0.507 e. The predicted molar refractivity (Wildman–Crippen MR) is 78.5 cm³/mol. The Morgan fingerprint density at radius 1 is 1.26 bits per heavy atom. The number of benzene rings is 1. The molecule has 3 nitrogen and oxygen atoms in total. The van der Waals surface area contributed by atoms with Gasteiger partial charge in [0.15, 0.2) is 0 Å². The molecule has 0 heterocycles. The van der Waals surface area contributed by atoms with Gasteiger partial charge in [0.2, 0.25) is 0 Å². The average Bonchev–Trinajstić information content (AvgIpc) is 2.39. The van der Waals surface area contributed by atoms with Gasteiger partial charge in [-0.15, -0.1) is 0 Å². The van der Waals surface area contributed by atoms with Gasteiger partial charge in [-0.25, -0.2) is 0 Å². The van der Waals surface area contributed by atoms with E-state index in [-0.39, 0.29) is 11.7 Å². The SMILES string of the molecule is CCC(CC)CN(CC)C(=O)c1ccc(C)cc1O.